The average Bonchev–Trinajstić information content (AvgIpc) is 3.13. The van der Waals surface area contributed by atoms with Crippen molar-refractivity contribution in [3.05, 3.63) is 0 Å². The van der Waals surface area contributed by atoms with Gasteiger partial charge in [-0.1, -0.05) is 13.8 Å². The van der Waals surface area contributed by atoms with Crippen molar-refractivity contribution in [2.75, 3.05) is 6.54 Å². The number of hydrogen-bond acceptors (Lipinski definition) is 1. The first kappa shape index (κ1) is 8.29. The molecule has 0 N–H and O–H groups in total. The number of nitrogens with zero attached hydrogens (tertiary/aromatic N) is 1. The van der Waals surface area contributed by atoms with Gasteiger partial charge in [-0.15, -0.1) is 0 Å². The van der Waals surface area contributed by atoms with Gasteiger partial charge in [-0.05, 0) is 70.5 Å². The average molecular weight is 239 g/mol. The lowest BCUT2D eigenvalue weighted by atomic mass is 9.32. The predicted molar refractivity (Wildman–Crippen MR) is 66.5 cm³/mol. The molecule has 0 aromatic carbocycles. The zero-order valence-corrected chi connectivity index (χ0v) is 11.2. The highest BCUT2D eigenvalue weighted by Crippen LogP contribution is 3.05. The Morgan fingerprint density at radius 3 is 2.44 bits per heavy atom. The number of piperidine rings is 3. The summed E-state index contributed by atoms with van der Waals surface area (Å²) in [6, 6.07) is 2.22. The maximum absolute atomic E-state index is 2.88. The zero-order chi connectivity index (χ0) is 11.3. The summed E-state index contributed by atoms with van der Waals surface area (Å²) in [6.07, 6.45) is 1.68. The van der Waals surface area contributed by atoms with Crippen LogP contribution in [0.1, 0.15) is 20.3 Å². The summed E-state index contributed by atoms with van der Waals surface area (Å²) in [4.78, 5) is 2.88. The molecule has 0 bridgehead atoms. The van der Waals surface area contributed by atoms with Gasteiger partial charge in [0.1, 0.15) is 0 Å². The number of fused-ring (bicyclic) bond motifs is 12. The molecule has 0 radical (unpaired) electrons. The highest BCUT2D eigenvalue weighted by atomic mass is 15.4. The van der Waals surface area contributed by atoms with Gasteiger partial charge >= 0.3 is 0 Å². The summed E-state index contributed by atoms with van der Waals surface area (Å²) in [5.74, 6) is 10.8. The van der Waals surface area contributed by atoms with Crippen LogP contribution in [-0.4, -0.2) is 23.5 Å². The van der Waals surface area contributed by atoms with E-state index in [4.69, 9.17) is 0 Å². The molecular formula is C17H21N. The molecule has 14 atom stereocenters. The molecule has 8 fully saturated rings. The third-order valence-corrected chi connectivity index (χ3v) is 10.1. The van der Waals surface area contributed by atoms with Gasteiger partial charge in [-0.3, -0.25) is 4.90 Å². The molecule has 8 aliphatic rings. The molecule has 18 heavy (non-hydrogen) atoms. The molecule has 2 aliphatic heterocycles. The molecule has 0 aromatic rings. The van der Waals surface area contributed by atoms with E-state index in [1.807, 2.05) is 0 Å². The molecule has 6 saturated carbocycles. The minimum absolute atomic E-state index is 0.941. The predicted octanol–water partition coefficient (Wildman–Crippen LogP) is 2.08. The second kappa shape index (κ2) is 1.73. The Balaban J connectivity index is 1.37. The van der Waals surface area contributed by atoms with Crippen LogP contribution in [0.4, 0.5) is 0 Å². The third kappa shape index (κ3) is 0.422. The molecule has 2 heterocycles. The van der Waals surface area contributed by atoms with E-state index in [2.05, 4.69) is 18.7 Å². The molecule has 0 aromatic heterocycles. The van der Waals surface area contributed by atoms with E-state index in [9.17, 15) is 0 Å². The smallest absolute Gasteiger partial charge is 0.0264 e. The Morgan fingerprint density at radius 2 is 1.83 bits per heavy atom. The normalized spacial score (nSPS) is 96.3. The van der Waals surface area contributed by atoms with Gasteiger partial charge in [-0.2, -0.15) is 0 Å². The van der Waals surface area contributed by atoms with Crippen molar-refractivity contribution in [2.45, 2.75) is 32.4 Å². The van der Waals surface area contributed by atoms with Gasteiger partial charge in [0.05, 0.1) is 0 Å². The molecule has 94 valence electrons. The van der Waals surface area contributed by atoms with Crippen molar-refractivity contribution in [3.63, 3.8) is 0 Å². The van der Waals surface area contributed by atoms with Crippen molar-refractivity contribution in [3.8, 4) is 0 Å². The van der Waals surface area contributed by atoms with Crippen LogP contribution < -0.4 is 0 Å². The monoisotopic (exact) mass is 239 g/mol. The summed E-state index contributed by atoms with van der Waals surface area (Å²) in [6.45, 7) is 6.69. The summed E-state index contributed by atoms with van der Waals surface area (Å²) in [5.41, 5.74) is 1.90. The van der Waals surface area contributed by atoms with Crippen molar-refractivity contribution >= 4 is 0 Å². The van der Waals surface area contributed by atoms with Gasteiger partial charge in [0.15, 0.2) is 0 Å². The zero-order valence-electron chi connectivity index (χ0n) is 11.2. The largest absolute Gasteiger partial charge is 0.294 e. The minimum Gasteiger partial charge on any atom is -0.294 e. The second-order valence-corrected chi connectivity index (χ2v) is 9.52. The van der Waals surface area contributed by atoms with Crippen molar-refractivity contribution in [2.24, 2.45) is 64.1 Å². The third-order valence-electron chi connectivity index (χ3n) is 10.1. The minimum atomic E-state index is 0.941. The fourth-order valence-electron chi connectivity index (χ4n) is 10.1. The first-order valence-electron chi connectivity index (χ1n) is 8.52. The van der Waals surface area contributed by atoms with Crippen LogP contribution in [0.5, 0.6) is 0 Å². The van der Waals surface area contributed by atoms with Crippen LogP contribution >= 0.6 is 0 Å². The molecule has 6 aliphatic carbocycles. The fraction of sp³-hybridized carbons (Fsp3) is 1.00. The summed E-state index contributed by atoms with van der Waals surface area (Å²) < 4.78 is 0. The van der Waals surface area contributed by atoms with Crippen LogP contribution in [-0.2, 0) is 0 Å². The van der Waals surface area contributed by atoms with E-state index >= 15 is 0 Å². The van der Waals surface area contributed by atoms with Crippen LogP contribution in [0.25, 0.3) is 0 Å². The standard InChI is InChI=1S/C17H21N/c1-5-7-3-16(10(5)7)11-6(2)12(11)17(16)13-8-4-18(8)15-9(13)14(15)17/h5-15H,3-4H2,1-2H3. The van der Waals surface area contributed by atoms with E-state index < -0.39 is 0 Å². The highest BCUT2D eigenvalue weighted by molar-refractivity contribution is 5.52. The van der Waals surface area contributed by atoms with Gasteiger partial charge in [-0.25, -0.2) is 0 Å². The Bertz CT molecular complexity index is 560. The van der Waals surface area contributed by atoms with E-state index in [0.29, 0.717) is 0 Å². The van der Waals surface area contributed by atoms with E-state index in [-0.39, 0.29) is 0 Å². The Hall–Kier alpha value is -0.0400. The first-order valence-corrected chi connectivity index (χ1v) is 8.52. The number of rotatable bonds is 0. The van der Waals surface area contributed by atoms with Gasteiger partial charge in [0, 0.05) is 18.6 Å². The molecule has 1 nitrogen and oxygen atoms in total. The van der Waals surface area contributed by atoms with E-state index in [1.54, 1.807) is 6.42 Å². The lowest BCUT2D eigenvalue weighted by Gasteiger charge is -2.72. The summed E-state index contributed by atoms with van der Waals surface area (Å²) >= 11 is 0. The quantitative estimate of drug-likeness (QED) is 0.585. The molecule has 2 saturated heterocycles. The topological polar surface area (TPSA) is 3.01 Å². The summed E-state index contributed by atoms with van der Waals surface area (Å²) in [5, 5.41) is 0. The molecule has 14 unspecified atom stereocenters. The lowest BCUT2D eigenvalue weighted by Crippen LogP contribution is -2.70. The Morgan fingerprint density at radius 1 is 0.944 bits per heavy atom. The van der Waals surface area contributed by atoms with Crippen LogP contribution in [0.15, 0.2) is 0 Å². The molecule has 8 rings (SSSR count). The van der Waals surface area contributed by atoms with Gasteiger partial charge in [0.2, 0.25) is 0 Å². The summed E-state index contributed by atoms with van der Waals surface area (Å²) in [7, 11) is 0. The molecule has 0 amide bonds. The molecule has 2 spiro atoms. The van der Waals surface area contributed by atoms with Crippen molar-refractivity contribution < 1.29 is 0 Å². The lowest BCUT2D eigenvalue weighted by molar-refractivity contribution is -0.258. The maximum atomic E-state index is 2.88. The highest BCUT2D eigenvalue weighted by Gasteiger charge is 3.04. The molecule has 1 heteroatoms. The van der Waals surface area contributed by atoms with Crippen LogP contribution in [0, 0.1) is 64.1 Å². The SMILES string of the molecule is CC1C2CC3(C12)C1C(C)C1C31C2C3C(C31)N1CC21. The maximum Gasteiger partial charge on any atom is 0.0264 e. The van der Waals surface area contributed by atoms with Crippen molar-refractivity contribution in [1.82, 2.24) is 4.90 Å². The van der Waals surface area contributed by atoms with E-state index in [1.165, 1.54) is 48.0 Å². The molecular weight excluding hydrogens is 218 g/mol. The number of hydrogen-bond donors (Lipinski definition) is 0. The van der Waals surface area contributed by atoms with Crippen LogP contribution in [0.3, 0.4) is 0 Å². The first-order chi connectivity index (χ1) is 8.76. The van der Waals surface area contributed by atoms with E-state index in [0.717, 1.165) is 34.7 Å². The Kier molecular flexibility index (Phi) is 0.797. The van der Waals surface area contributed by atoms with Crippen LogP contribution in [0.2, 0.25) is 0 Å². The van der Waals surface area contributed by atoms with Crippen molar-refractivity contribution in [1.29, 1.82) is 0 Å². The second-order valence-electron chi connectivity index (χ2n) is 9.52. The van der Waals surface area contributed by atoms with Gasteiger partial charge < -0.3 is 0 Å². The Labute approximate surface area is 108 Å². The van der Waals surface area contributed by atoms with Gasteiger partial charge in [0.25, 0.3) is 0 Å². The fourth-order valence-corrected chi connectivity index (χ4v) is 10.1.